The maximum atomic E-state index is 11.8. The average Bonchev–Trinajstić information content (AvgIpc) is 2.49. The van der Waals surface area contributed by atoms with Crippen LogP contribution in [0.25, 0.3) is 0 Å². The van der Waals surface area contributed by atoms with Crippen LogP contribution >= 0.6 is 38.5 Å². The summed E-state index contributed by atoms with van der Waals surface area (Å²) in [4.78, 5) is 11.8. The van der Waals surface area contributed by atoms with Gasteiger partial charge in [-0.1, -0.05) is 22.0 Å². The van der Waals surface area contributed by atoms with Gasteiger partial charge in [-0.2, -0.15) is 5.10 Å². The summed E-state index contributed by atoms with van der Waals surface area (Å²) in [5.74, 6) is 0.378. The Morgan fingerprint density at radius 1 is 1.29 bits per heavy atom. The number of hydrazone groups is 1. The summed E-state index contributed by atoms with van der Waals surface area (Å²) in [7, 11) is 0. The minimum Gasteiger partial charge on any atom is -0.506 e. The number of nitrogens with one attached hydrogen (secondary N) is 1. The number of amides is 1. The number of aryl methyl sites for hydroxylation is 2. The zero-order valence-electron chi connectivity index (χ0n) is 13.1. The van der Waals surface area contributed by atoms with Gasteiger partial charge in [0.15, 0.2) is 6.61 Å². The molecule has 1 amide bonds. The second kappa shape index (κ2) is 8.48. The SMILES string of the molecule is Cc1cc(C)cc(OCC(=O)N/N=C\c2cc(Br)cc(I)c2O)c1. The maximum absolute atomic E-state index is 11.8. The molecule has 0 aliphatic carbocycles. The Morgan fingerprint density at radius 3 is 2.62 bits per heavy atom. The molecule has 0 atom stereocenters. The number of hydrogen-bond donors (Lipinski definition) is 2. The molecule has 0 saturated carbocycles. The summed E-state index contributed by atoms with van der Waals surface area (Å²) in [5.41, 5.74) is 5.02. The fraction of sp³-hybridized carbons (Fsp3) is 0.176. The minimum atomic E-state index is -0.380. The van der Waals surface area contributed by atoms with E-state index in [2.05, 4.69) is 26.5 Å². The van der Waals surface area contributed by atoms with Crippen molar-refractivity contribution < 1.29 is 14.6 Å². The molecule has 0 radical (unpaired) electrons. The van der Waals surface area contributed by atoms with Crippen LogP contribution in [0.1, 0.15) is 16.7 Å². The van der Waals surface area contributed by atoms with Crippen molar-refractivity contribution in [3.8, 4) is 11.5 Å². The van der Waals surface area contributed by atoms with Gasteiger partial charge in [0.05, 0.1) is 9.78 Å². The lowest BCUT2D eigenvalue weighted by Gasteiger charge is -2.07. The molecule has 0 saturated heterocycles. The van der Waals surface area contributed by atoms with Crippen molar-refractivity contribution in [1.82, 2.24) is 5.43 Å². The van der Waals surface area contributed by atoms with E-state index in [-0.39, 0.29) is 18.3 Å². The summed E-state index contributed by atoms with van der Waals surface area (Å²) in [6.07, 6.45) is 1.39. The number of carbonyl (C=O) groups is 1. The standard InChI is InChI=1S/C17H16BrIN2O3/c1-10-3-11(2)5-14(4-10)24-9-16(22)21-20-8-12-6-13(18)7-15(19)17(12)23/h3-8,23H,9H2,1-2H3,(H,21,22)/b20-8-. The highest BCUT2D eigenvalue weighted by Crippen LogP contribution is 2.27. The molecule has 2 aromatic carbocycles. The molecule has 5 nitrogen and oxygen atoms in total. The Morgan fingerprint density at radius 2 is 1.96 bits per heavy atom. The van der Waals surface area contributed by atoms with Gasteiger partial charge in [0, 0.05) is 10.0 Å². The number of phenolic OH excluding ortho intramolecular Hbond substituents is 1. The molecule has 24 heavy (non-hydrogen) atoms. The third-order valence-electron chi connectivity index (χ3n) is 3.02. The highest BCUT2D eigenvalue weighted by molar-refractivity contribution is 14.1. The van der Waals surface area contributed by atoms with E-state index >= 15 is 0 Å². The first-order chi connectivity index (χ1) is 11.3. The molecule has 0 bridgehead atoms. The number of hydrogen-bond acceptors (Lipinski definition) is 4. The van der Waals surface area contributed by atoms with Gasteiger partial charge < -0.3 is 9.84 Å². The minimum absolute atomic E-state index is 0.114. The van der Waals surface area contributed by atoms with E-state index in [1.807, 2.05) is 54.6 Å². The third kappa shape index (κ3) is 5.48. The van der Waals surface area contributed by atoms with Crippen LogP contribution in [0.5, 0.6) is 11.5 Å². The Labute approximate surface area is 162 Å². The zero-order chi connectivity index (χ0) is 17.7. The topological polar surface area (TPSA) is 70.9 Å². The molecule has 0 aliphatic heterocycles. The van der Waals surface area contributed by atoms with Crippen LogP contribution in [0.3, 0.4) is 0 Å². The number of ether oxygens (including phenoxy) is 1. The Balaban J connectivity index is 1.91. The third-order valence-corrected chi connectivity index (χ3v) is 4.30. The molecule has 2 aromatic rings. The summed E-state index contributed by atoms with van der Waals surface area (Å²) in [6, 6.07) is 9.25. The lowest BCUT2D eigenvalue weighted by Crippen LogP contribution is -2.24. The van der Waals surface area contributed by atoms with Crippen molar-refractivity contribution in [2.24, 2.45) is 5.10 Å². The molecular weight excluding hydrogens is 487 g/mol. The molecule has 2 N–H and O–H groups in total. The quantitative estimate of drug-likeness (QED) is 0.370. The molecule has 0 aromatic heterocycles. The monoisotopic (exact) mass is 502 g/mol. The molecular formula is C17H16BrIN2O3. The fourth-order valence-electron chi connectivity index (χ4n) is 2.06. The number of rotatable bonds is 5. The van der Waals surface area contributed by atoms with Gasteiger partial charge >= 0.3 is 0 Å². The number of carbonyl (C=O) groups excluding carboxylic acids is 1. The van der Waals surface area contributed by atoms with E-state index in [0.29, 0.717) is 14.9 Å². The van der Waals surface area contributed by atoms with Crippen LogP contribution in [0.2, 0.25) is 0 Å². The van der Waals surface area contributed by atoms with Crippen molar-refractivity contribution in [2.75, 3.05) is 6.61 Å². The summed E-state index contributed by atoms with van der Waals surface area (Å²) in [5, 5.41) is 13.8. The fourth-order valence-corrected chi connectivity index (χ4v) is 3.61. The molecule has 0 unspecified atom stereocenters. The molecule has 0 fully saturated rings. The number of nitrogens with zero attached hydrogens (tertiary/aromatic N) is 1. The second-order valence-electron chi connectivity index (χ2n) is 5.23. The van der Waals surface area contributed by atoms with Crippen molar-refractivity contribution in [1.29, 1.82) is 0 Å². The van der Waals surface area contributed by atoms with E-state index in [0.717, 1.165) is 15.6 Å². The van der Waals surface area contributed by atoms with Crippen LogP contribution in [-0.4, -0.2) is 23.8 Å². The van der Waals surface area contributed by atoms with Gasteiger partial charge in [0.1, 0.15) is 11.5 Å². The van der Waals surface area contributed by atoms with Gasteiger partial charge in [-0.15, -0.1) is 0 Å². The predicted molar refractivity (Wildman–Crippen MR) is 106 cm³/mol. The van der Waals surface area contributed by atoms with Crippen LogP contribution in [0.15, 0.2) is 39.9 Å². The largest absolute Gasteiger partial charge is 0.506 e. The van der Waals surface area contributed by atoms with Crippen molar-refractivity contribution in [3.63, 3.8) is 0 Å². The second-order valence-corrected chi connectivity index (χ2v) is 7.31. The average molecular weight is 503 g/mol. The first-order valence-electron chi connectivity index (χ1n) is 7.06. The molecule has 0 aliphatic rings. The lowest BCUT2D eigenvalue weighted by atomic mass is 10.1. The maximum Gasteiger partial charge on any atom is 0.277 e. The summed E-state index contributed by atoms with van der Waals surface area (Å²) < 4.78 is 6.95. The lowest BCUT2D eigenvalue weighted by molar-refractivity contribution is -0.123. The summed E-state index contributed by atoms with van der Waals surface area (Å²) in [6.45, 7) is 3.80. The normalized spacial score (nSPS) is 10.8. The van der Waals surface area contributed by atoms with E-state index in [1.165, 1.54) is 6.21 Å². The van der Waals surface area contributed by atoms with Gasteiger partial charge in [-0.25, -0.2) is 5.43 Å². The number of phenols is 1. The van der Waals surface area contributed by atoms with Gasteiger partial charge in [-0.05, 0) is 71.8 Å². The zero-order valence-corrected chi connectivity index (χ0v) is 16.9. The van der Waals surface area contributed by atoms with Gasteiger partial charge in [-0.3, -0.25) is 4.79 Å². The molecule has 0 spiro atoms. The number of halogens is 2. The molecule has 2 rings (SSSR count). The van der Waals surface area contributed by atoms with Crippen LogP contribution in [0, 0.1) is 17.4 Å². The highest BCUT2D eigenvalue weighted by atomic mass is 127. The number of aromatic hydroxyl groups is 1. The van der Waals surface area contributed by atoms with Crippen molar-refractivity contribution in [2.45, 2.75) is 13.8 Å². The van der Waals surface area contributed by atoms with Gasteiger partial charge in [0.25, 0.3) is 5.91 Å². The highest BCUT2D eigenvalue weighted by Gasteiger charge is 2.06. The van der Waals surface area contributed by atoms with E-state index in [9.17, 15) is 9.90 Å². The predicted octanol–water partition coefficient (Wildman–Crippen LogP) is 3.91. The van der Waals surface area contributed by atoms with Gasteiger partial charge in [0.2, 0.25) is 0 Å². The van der Waals surface area contributed by atoms with E-state index in [4.69, 9.17) is 4.74 Å². The molecule has 7 heteroatoms. The Kier molecular flexibility index (Phi) is 6.61. The van der Waals surface area contributed by atoms with Crippen LogP contribution in [0.4, 0.5) is 0 Å². The van der Waals surface area contributed by atoms with Crippen LogP contribution in [-0.2, 0) is 4.79 Å². The first kappa shape index (κ1) is 18.7. The van der Waals surface area contributed by atoms with E-state index in [1.54, 1.807) is 12.1 Å². The Bertz CT molecular complexity index is 773. The van der Waals surface area contributed by atoms with Crippen molar-refractivity contribution in [3.05, 3.63) is 55.1 Å². The smallest absolute Gasteiger partial charge is 0.277 e. The Hall–Kier alpha value is -1.61. The molecule has 0 heterocycles. The van der Waals surface area contributed by atoms with Crippen LogP contribution < -0.4 is 10.2 Å². The summed E-state index contributed by atoms with van der Waals surface area (Å²) >= 11 is 5.36. The van der Waals surface area contributed by atoms with Crippen molar-refractivity contribution >= 4 is 50.6 Å². The first-order valence-corrected chi connectivity index (χ1v) is 8.93. The molecule has 126 valence electrons. The number of benzene rings is 2. The van der Waals surface area contributed by atoms with E-state index < -0.39 is 0 Å².